The van der Waals surface area contributed by atoms with E-state index in [0.29, 0.717) is 19.4 Å². The molecule has 4 N–H and O–H groups in total. The molecule has 0 unspecified atom stereocenters. The number of oxime groups is 1. The van der Waals surface area contributed by atoms with Gasteiger partial charge in [0.1, 0.15) is 5.41 Å². The molecule has 1 heterocycles. The first-order valence-corrected chi connectivity index (χ1v) is 7.25. The van der Waals surface area contributed by atoms with E-state index in [1.165, 1.54) is 0 Å². The Morgan fingerprint density at radius 1 is 1.52 bits per heavy atom. The van der Waals surface area contributed by atoms with Crippen LogP contribution in [0.25, 0.3) is 0 Å². The maximum absolute atomic E-state index is 12.6. The molecular formula is C14H23N5O2. The summed E-state index contributed by atoms with van der Waals surface area (Å²) < 4.78 is 1.77. The van der Waals surface area contributed by atoms with Crippen molar-refractivity contribution in [2.75, 3.05) is 0 Å². The Morgan fingerprint density at radius 3 is 2.71 bits per heavy atom. The summed E-state index contributed by atoms with van der Waals surface area (Å²) in [5.41, 5.74) is 6.92. The van der Waals surface area contributed by atoms with Crippen LogP contribution >= 0.6 is 0 Å². The summed E-state index contributed by atoms with van der Waals surface area (Å²) in [5.74, 6) is -0.150. The van der Waals surface area contributed by atoms with Gasteiger partial charge in [-0.3, -0.25) is 9.48 Å². The fraction of sp³-hybridized carbons (Fsp3) is 0.643. The summed E-state index contributed by atoms with van der Waals surface area (Å²) in [4.78, 5) is 12.6. The molecule has 0 aromatic carbocycles. The molecule has 1 amide bonds. The minimum Gasteiger partial charge on any atom is -0.409 e. The van der Waals surface area contributed by atoms with E-state index in [2.05, 4.69) is 15.6 Å². The van der Waals surface area contributed by atoms with Crippen LogP contribution in [0.1, 0.15) is 43.4 Å². The molecule has 7 heteroatoms. The van der Waals surface area contributed by atoms with Crippen molar-refractivity contribution < 1.29 is 10.0 Å². The second kappa shape index (κ2) is 6.15. The number of nitrogens with two attached hydrogens (primary N) is 1. The number of carbonyl (C=O) groups excluding carboxylic acids is 1. The third kappa shape index (κ3) is 2.86. The van der Waals surface area contributed by atoms with Crippen molar-refractivity contribution in [3.8, 4) is 0 Å². The normalized spacial score (nSPS) is 18.5. The van der Waals surface area contributed by atoms with Crippen molar-refractivity contribution >= 4 is 11.7 Å². The van der Waals surface area contributed by atoms with Gasteiger partial charge < -0.3 is 16.3 Å². The van der Waals surface area contributed by atoms with Crippen LogP contribution in [-0.2, 0) is 18.4 Å². The SMILES string of the molecule is Cc1c(CNC(=O)C2(C(N)=NO)CCCCC2)cnn1C. The van der Waals surface area contributed by atoms with Gasteiger partial charge in [-0.25, -0.2) is 0 Å². The summed E-state index contributed by atoms with van der Waals surface area (Å²) in [6.45, 7) is 2.35. The van der Waals surface area contributed by atoms with Gasteiger partial charge >= 0.3 is 0 Å². The van der Waals surface area contributed by atoms with Gasteiger partial charge in [0.2, 0.25) is 5.91 Å². The summed E-state index contributed by atoms with van der Waals surface area (Å²) >= 11 is 0. The van der Waals surface area contributed by atoms with Gasteiger partial charge in [0.05, 0.1) is 6.20 Å². The highest BCUT2D eigenvalue weighted by Gasteiger charge is 2.43. The van der Waals surface area contributed by atoms with E-state index in [9.17, 15) is 4.79 Å². The number of carbonyl (C=O) groups is 1. The number of amidine groups is 1. The molecule has 2 rings (SSSR count). The van der Waals surface area contributed by atoms with Gasteiger partial charge in [0, 0.05) is 24.8 Å². The van der Waals surface area contributed by atoms with Gasteiger partial charge in [-0.2, -0.15) is 5.10 Å². The summed E-state index contributed by atoms with van der Waals surface area (Å²) in [6, 6.07) is 0. The smallest absolute Gasteiger partial charge is 0.234 e. The van der Waals surface area contributed by atoms with Crippen LogP contribution in [0, 0.1) is 12.3 Å². The molecule has 1 aliphatic carbocycles. The van der Waals surface area contributed by atoms with Crippen molar-refractivity contribution in [1.29, 1.82) is 0 Å². The lowest BCUT2D eigenvalue weighted by atomic mass is 9.72. The third-order valence-electron chi connectivity index (χ3n) is 4.52. The number of aryl methyl sites for hydroxylation is 1. The zero-order valence-electron chi connectivity index (χ0n) is 12.6. The van der Waals surface area contributed by atoms with Gasteiger partial charge in [0.15, 0.2) is 5.84 Å². The Morgan fingerprint density at radius 2 is 2.19 bits per heavy atom. The molecule has 1 saturated carbocycles. The molecule has 21 heavy (non-hydrogen) atoms. The highest BCUT2D eigenvalue weighted by Crippen LogP contribution is 2.36. The van der Waals surface area contributed by atoms with Crippen molar-refractivity contribution in [2.45, 2.75) is 45.6 Å². The van der Waals surface area contributed by atoms with Gasteiger partial charge in [0.25, 0.3) is 0 Å². The highest BCUT2D eigenvalue weighted by molar-refractivity contribution is 6.06. The Labute approximate surface area is 124 Å². The molecule has 7 nitrogen and oxygen atoms in total. The number of nitrogens with one attached hydrogen (secondary N) is 1. The lowest BCUT2D eigenvalue weighted by Crippen LogP contribution is -2.50. The van der Waals surface area contributed by atoms with Crippen molar-refractivity contribution in [3.05, 3.63) is 17.5 Å². The fourth-order valence-electron chi connectivity index (χ4n) is 2.91. The lowest BCUT2D eigenvalue weighted by Gasteiger charge is -2.34. The average Bonchev–Trinajstić information content (AvgIpc) is 2.84. The Hall–Kier alpha value is -2.05. The summed E-state index contributed by atoms with van der Waals surface area (Å²) in [7, 11) is 1.86. The molecule has 0 saturated heterocycles. The van der Waals surface area contributed by atoms with Crippen LogP contribution in [0.3, 0.4) is 0 Å². The van der Waals surface area contributed by atoms with E-state index in [1.54, 1.807) is 10.9 Å². The zero-order chi connectivity index (χ0) is 15.5. The van der Waals surface area contributed by atoms with E-state index in [1.807, 2.05) is 14.0 Å². The predicted molar refractivity (Wildman–Crippen MR) is 78.7 cm³/mol. The second-order valence-corrected chi connectivity index (χ2v) is 5.69. The molecule has 1 aromatic heterocycles. The zero-order valence-corrected chi connectivity index (χ0v) is 12.6. The van der Waals surface area contributed by atoms with E-state index in [-0.39, 0.29) is 11.7 Å². The van der Waals surface area contributed by atoms with Gasteiger partial charge in [-0.1, -0.05) is 24.4 Å². The summed E-state index contributed by atoms with van der Waals surface area (Å²) in [5, 5.41) is 19.2. The first-order valence-electron chi connectivity index (χ1n) is 7.25. The highest BCUT2D eigenvalue weighted by atomic mass is 16.4. The molecule has 0 spiro atoms. The molecule has 1 aliphatic rings. The topological polar surface area (TPSA) is 106 Å². The quantitative estimate of drug-likeness (QED) is 0.334. The van der Waals surface area contributed by atoms with Crippen molar-refractivity contribution in [3.63, 3.8) is 0 Å². The average molecular weight is 293 g/mol. The summed E-state index contributed by atoms with van der Waals surface area (Å²) in [6.07, 6.45) is 5.90. The second-order valence-electron chi connectivity index (χ2n) is 5.69. The van der Waals surface area contributed by atoms with Crippen LogP contribution in [0.5, 0.6) is 0 Å². The number of hydrogen-bond acceptors (Lipinski definition) is 4. The maximum Gasteiger partial charge on any atom is 0.234 e. The van der Waals surface area contributed by atoms with E-state index in [0.717, 1.165) is 30.5 Å². The number of amides is 1. The number of rotatable bonds is 4. The molecule has 116 valence electrons. The van der Waals surface area contributed by atoms with Crippen LogP contribution in [-0.4, -0.2) is 26.7 Å². The third-order valence-corrected chi connectivity index (χ3v) is 4.52. The maximum atomic E-state index is 12.6. The predicted octanol–water partition coefficient (Wildman–Crippen LogP) is 1.04. The van der Waals surface area contributed by atoms with Gasteiger partial charge in [-0.15, -0.1) is 0 Å². The molecular weight excluding hydrogens is 270 g/mol. The van der Waals surface area contributed by atoms with Crippen LogP contribution in [0.15, 0.2) is 11.4 Å². The monoisotopic (exact) mass is 293 g/mol. The number of nitrogens with zero attached hydrogens (tertiary/aromatic N) is 3. The first-order chi connectivity index (χ1) is 10.0. The van der Waals surface area contributed by atoms with Crippen molar-refractivity contribution in [2.24, 2.45) is 23.4 Å². The van der Waals surface area contributed by atoms with E-state index >= 15 is 0 Å². The molecule has 0 aliphatic heterocycles. The minimum absolute atomic E-state index is 0.0163. The minimum atomic E-state index is -0.872. The fourth-order valence-corrected chi connectivity index (χ4v) is 2.91. The number of hydrogen-bond donors (Lipinski definition) is 3. The lowest BCUT2D eigenvalue weighted by molar-refractivity contribution is -0.129. The first kappa shape index (κ1) is 15.3. The largest absolute Gasteiger partial charge is 0.409 e. The van der Waals surface area contributed by atoms with E-state index in [4.69, 9.17) is 10.9 Å². The van der Waals surface area contributed by atoms with E-state index < -0.39 is 5.41 Å². The standard InChI is InChI=1S/C14H23N5O2/c1-10-11(9-17-19(10)2)8-16-13(20)14(12(15)18-21)6-4-3-5-7-14/h9,21H,3-8H2,1-2H3,(H2,15,18)(H,16,20). The van der Waals surface area contributed by atoms with Crippen LogP contribution in [0.4, 0.5) is 0 Å². The Bertz CT molecular complexity index is 544. The Kier molecular flexibility index (Phi) is 4.50. The van der Waals surface area contributed by atoms with Crippen LogP contribution < -0.4 is 11.1 Å². The van der Waals surface area contributed by atoms with Crippen LogP contribution in [0.2, 0.25) is 0 Å². The Balaban J connectivity index is 2.10. The van der Waals surface area contributed by atoms with Gasteiger partial charge in [-0.05, 0) is 19.8 Å². The molecule has 1 aromatic rings. The molecule has 0 radical (unpaired) electrons. The van der Waals surface area contributed by atoms with Crippen molar-refractivity contribution in [1.82, 2.24) is 15.1 Å². The molecule has 1 fully saturated rings. The molecule has 0 bridgehead atoms. The number of aromatic nitrogens is 2. The molecule has 0 atom stereocenters.